The first-order valence-electron chi connectivity index (χ1n) is 5.41. The molecule has 0 bridgehead atoms. The Bertz CT molecular complexity index is 480. The Balaban J connectivity index is 2.23. The van der Waals surface area contributed by atoms with Crippen LogP contribution in [-0.2, 0) is 16.1 Å². The Morgan fingerprint density at radius 1 is 1.11 bits per heavy atom. The molecule has 1 saturated carbocycles. The van der Waals surface area contributed by atoms with Crippen LogP contribution in [0.5, 0.6) is 0 Å². The first-order chi connectivity index (χ1) is 8.43. The monoisotopic (exact) mass is 262 g/mol. The number of rotatable bonds is 3. The lowest BCUT2D eigenvalue weighted by molar-refractivity contribution is -0.146. The smallest absolute Gasteiger partial charge is 0.309 e. The van der Waals surface area contributed by atoms with E-state index < -0.39 is 47.0 Å². The molecule has 0 unspecified atom stereocenters. The fourth-order valence-corrected chi connectivity index (χ4v) is 1.49. The number of hydrogen-bond acceptors (Lipinski definition) is 2. The van der Waals surface area contributed by atoms with Crippen molar-refractivity contribution in [3.8, 4) is 0 Å². The van der Waals surface area contributed by atoms with Crippen LogP contribution in [0.25, 0.3) is 0 Å². The number of carbonyl (C=O) groups is 1. The minimum absolute atomic E-state index is 0.253. The second-order valence-corrected chi connectivity index (χ2v) is 4.24. The Hall–Kier alpha value is -1.59. The van der Waals surface area contributed by atoms with Gasteiger partial charge in [-0.2, -0.15) is 0 Å². The van der Waals surface area contributed by atoms with Gasteiger partial charge in [0.2, 0.25) is 0 Å². The topological polar surface area (TPSA) is 26.3 Å². The van der Waals surface area contributed by atoms with Crippen molar-refractivity contribution in [3.63, 3.8) is 0 Å². The number of benzene rings is 1. The predicted octanol–water partition coefficient (Wildman–Crippen LogP) is 3.00. The van der Waals surface area contributed by atoms with Crippen LogP contribution in [0.3, 0.4) is 0 Å². The summed E-state index contributed by atoms with van der Waals surface area (Å²) in [5.41, 5.74) is -1.63. The second-order valence-electron chi connectivity index (χ2n) is 4.24. The third-order valence-corrected chi connectivity index (χ3v) is 2.84. The number of halogens is 4. The maximum Gasteiger partial charge on any atom is 0.309 e. The molecule has 1 aliphatic rings. The molecule has 6 heteroatoms. The summed E-state index contributed by atoms with van der Waals surface area (Å²) in [6, 6.07) is 0. The molecule has 0 heterocycles. The van der Waals surface area contributed by atoms with Crippen molar-refractivity contribution in [2.75, 3.05) is 0 Å². The first-order valence-corrected chi connectivity index (χ1v) is 5.41. The Morgan fingerprint density at radius 2 is 1.61 bits per heavy atom. The van der Waals surface area contributed by atoms with Gasteiger partial charge in [0.25, 0.3) is 0 Å². The average Bonchev–Trinajstić information content (AvgIpc) is 3.18. The molecule has 0 aliphatic heterocycles. The highest BCUT2D eigenvalue weighted by Crippen LogP contribution is 2.31. The van der Waals surface area contributed by atoms with Gasteiger partial charge in [0.1, 0.15) is 6.61 Å². The summed E-state index contributed by atoms with van der Waals surface area (Å²) >= 11 is 0. The normalized spacial score (nSPS) is 14.7. The van der Waals surface area contributed by atoms with Crippen molar-refractivity contribution >= 4 is 5.97 Å². The third-order valence-electron chi connectivity index (χ3n) is 2.84. The average molecular weight is 262 g/mol. The van der Waals surface area contributed by atoms with Crippen molar-refractivity contribution in [1.82, 2.24) is 0 Å². The Morgan fingerprint density at radius 3 is 2.06 bits per heavy atom. The highest BCUT2D eigenvalue weighted by atomic mass is 19.2. The summed E-state index contributed by atoms with van der Waals surface area (Å²) in [6.07, 6.45) is 1.33. The Labute approximate surface area is 101 Å². The van der Waals surface area contributed by atoms with Crippen molar-refractivity contribution in [2.45, 2.75) is 26.4 Å². The van der Waals surface area contributed by atoms with Gasteiger partial charge in [0, 0.05) is 5.56 Å². The zero-order valence-electron chi connectivity index (χ0n) is 9.53. The van der Waals surface area contributed by atoms with E-state index in [9.17, 15) is 22.4 Å². The summed E-state index contributed by atoms with van der Waals surface area (Å²) < 4.78 is 57.8. The van der Waals surface area contributed by atoms with E-state index in [1.807, 2.05) is 0 Å². The lowest BCUT2D eigenvalue weighted by Crippen LogP contribution is -2.12. The number of ether oxygens (including phenoxy) is 1. The third kappa shape index (κ3) is 2.19. The van der Waals surface area contributed by atoms with E-state index in [1.165, 1.54) is 0 Å². The van der Waals surface area contributed by atoms with Gasteiger partial charge in [-0.3, -0.25) is 4.79 Å². The van der Waals surface area contributed by atoms with Crippen LogP contribution >= 0.6 is 0 Å². The number of hydrogen-bond donors (Lipinski definition) is 0. The molecule has 0 amide bonds. The standard InChI is InChI=1S/C12H10F4O2/c1-5-8(13)10(15)7(11(16)9(5)14)4-18-12(17)6-2-3-6/h6H,2-4H2,1H3. The summed E-state index contributed by atoms with van der Waals surface area (Å²) in [7, 11) is 0. The van der Waals surface area contributed by atoms with Gasteiger partial charge < -0.3 is 4.74 Å². The zero-order valence-corrected chi connectivity index (χ0v) is 9.53. The van der Waals surface area contributed by atoms with Crippen LogP contribution in [0.15, 0.2) is 0 Å². The zero-order chi connectivity index (χ0) is 13.4. The number of esters is 1. The molecular formula is C12H10F4O2. The molecule has 1 aliphatic carbocycles. The van der Waals surface area contributed by atoms with E-state index in [-0.39, 0.29) is 5.92 Å². The van der Waals surface area contributed by atoms with E-state index in [0.29, 0.717) is 12.8 Å². The van der Waals surface area contributed by atoms with Crippen LogP contribution in [-0.4, -0.2) is 5.97 Å². The summed E-state index contributed by atoms with van der Waals surface area (Å²) in [5.74, 6) is -6.82. The van der Waals surface area contributed by atoms with Crippen LogP contribution in [0, 0.1) is 36.1 Å². The maximum atomic E-state index is 13.4. The molecule has 18 heavy (non-hydrogen) atoms. The minimum atomic E-state index is -1.52. The van der Waals surface area contributed by atoms with Gasteiger partial charge in [-0.1, -0.05) is 0 Å². The lowest BCUT2D eigenvalue weighted by Gasteiger charge is -2.10. The van der Waals surface area contributed by atoms with Crippen LogP contribution in [0.1, 0.15) is 24.0 Å². The van der Waals surface area contributed by atoms with Gasteiger partial charge in [-0.25, -0.2) is 17.6 Å². The molecule has 2 nitrogen and oxygen atoms in total. The van der Waals surface area contributed by atoms with Crippen LogP contribution < -0.4 is 0 Å². The van der Waals surface area contributed by atoms with Crippen molar-refractivity contribution < 1.29 is 27.1 Å². The van der Waals surface area contributed by atoms with E-state index in [1.54, 1.807) is 0 Å². The van der Waals surface area contributed by atoms with Gasteiger partial charge in [-0.05, 0) is 19.8 Å². The number of carbonyl (C=O) groups excluding carboxylic acids is 1. The van der Waals surface area contributed by atoms with Crippen molar-refractivity contribution in [2.24, 2.45) is 5.92 Å². The van der Waals surface area contributed by atoms with Crippen molar-refractivity contribution in [1.29, 1.82) is 0 Å². The van der Waals surface area contributed by atoms with E-state index in [0.717, 1.165) is 6.92 Å². The SMILES string of the molecule is Cc1c(F)c(F)c(COC(=O)C2CC2)c(F)c1F. The summed E-state index contributed by atoms with van der Waals surface area (Å²) in [5, 5.41) is 0. The maximum absolute atomic E-state index is 13.4. The molecule has 0 spiro atoms. The quantitative estimate of drug-likeness (QED) is 0.475. The molecule has 0 aromatic heterocycles. The molecular weight excluding hydrogens is 252 g/mol. The molecule has 0 atom stereocenters. The molecule has 1 aromatic carbocycles. The Kier molecular flexibility index (Phi) is 3.28. The van der Waals surface area contributed by atoms with E-state index >= 15 is 0 Å². The molecule has 0 radical (unpaired) electrons. The largest absolute Gasteiger partial charge is 0.460 e. The van der Waals surface area contributed by atoms with E-state index in [4.69, 9.17) is 0 Å². The highest BCUT2D eigenvalue weighted by molar-refractivity contribution is 5.74. The van der Waals surface area contributed by atoms with Crippen LogP contribution in [0.2, 0.25) is 0 Å². The minimum Gasteiger partial charge on any atom is -0.460 e. The fraction of sp³-hybridized carbons (Fsp3) is 0.417. The predicted molar refractivity (Wildman–Crippen MR) is 53.5 cm³/mol. The highest BCUT2D eigenvalue weighted by Gasteiger charge is 2.32. The molecule has 1 fully saturated rings. The van der Waals surface area contributed by atoms with Gasteiger partial charge in [0.05, 0.1) is 11.5 Å². The lowest BCUT2D eigenvalue weighted by atomic mass is 10.1. The van der Waals surface area contributed by atoms with Gasteiger partial charge in [0.15, 0.2) is 23.3 Å². The fourth-order valence-electron chi connectivity index (χ4n) is 1.49. The second kappa shape index (κ2) is 4.59. The first kappa shape index (κ1) is 12.9. The van der Waals surface area contributed by atoms with Crippen LogP contribution in [0.4, 0.5) is 17.6 Å². The van der Waals surface area contributed by atoms with Crippen molar-refractivity contribution in [3.05, 3.63) is 34.4 Å². The molecule has 0 N–H and O–H groups in total. The molecule has 98 valence electrons. The summed E-state index contributed by atoms with van der Waals surface area (Å²) in [4.78, 5) is 11.2. The summed E-state index contributed by atoms with van der Waals surface area (Å²) in [6.45, 7) is 0.123. The van der Waals surface area contributed by atoms with Gasteiger partial charge >= 0.3 is 5.97 Å². The molecule has 2 rings (SSSR count). The van der Waals surface area contributed by atoms with E-state index in [2.05, 4.69) is 4.74 Å². The molecule has 1 aromatic rings. The van der Waals surface area contributed by atoms with Gasteiger partial charge in [-0.15, -0.1) is 0 Å². The molecule has 0 saturated heterocycles.